The van der Waals surface area contributed by atoms with Gasteiger partial charge in [0.1, 0.15) is 6.61 Å². The summed E-state index contributed by atoms with van der Waals surface area (Å²) in [5.74, 6) is 0.225. The fourth-order valence-corrected chi connectivity index (χ4v) is 2.32. The Balaban J connectivity index is 2.35. The van der Waals surface area contributed by atoms with E-state index < -0.39 is 0 Å². The first-order chi connectivity index (χ1) is 9.63. The van der Waals surface area contributed by atoms with E-state index >= 15 is 0 Å². The predicted octanol–water partition coefficient (Wildman–Crippen LogP) is 4.79. The molecule has 0 saturated heterocycles. The maximum Gasteiger partial charge on any atom is 0.193 e. The maximum atomic E-state index is 12.3. The van der Waals surface area contributed by atoms with Crippen molar-refractivity contribution in [1.82, 2.24) is 0 Å². The molecule has 102 valence electrons. The average Bonchev–Trinajstić information content (AvgIpc) is 2.46. The average molecular weight is 307 g/mol. The van der Waals surface area contributed by atoms with Gasteiger partial charge in [0.15, 0.2) is 11.5 Å². The lowest BCUT2D eigenvalue weighted by atomic mass is 10.0. The van der Waals surface area contributed by atoms with Crippen molar-refractivity contribution in [3.8, 4) is 5.75 Å². The fourth-order valence-electron chi connectivity index (χ4n) is 1.73. The molecule has 0 spiro atoms. The molecule has 0 heterocycles. The summed E-state index contributed by atoms with van der Waals surface area (Å²) in [7, 11) is 0. The van der Waals surface area contributed by atoms with Gasteiger partial charge in [0.25, 0.3) is 0 Å². The molecule has 0 amide bonds. The van der Waals surface area contributed by atoms with Crippen molar-refractivity contribution < 1.29 is 9.53 Å². The topological polar surface area (TPSA) is 26.3 Å². The molecule has 0 aliphatic carbocycles. The van der Waals surface area contributed by atoms with Crippen LogP contribution in [0.2, 0.25) is 10.0 Å². The van der Waals surface area contributed by atoms with Crippen LogP contribution in [-0.2, 0) is 0 Å². The van der Waals surface area contributed by atoms with Crippen LogP contribution in [0.5, 0.6) is 5.75 Å². The van der Waals surface area contributed by atoms with Gasteiger partial charge in [-0.3, -0.25) is 4.79 Å². The van der Waals surface area contributed by atoms with Crippen LogP contribution in [0, 0.1) is 0 Å². The summed E-state index contributed by atoms with van der Waals surface area (Å²) in [5, 5.41) is 0.609. The van der Waals surface area contributed by atoms with E-state index in [0.29, 0.717) is 33.5 Å². The van der Waals surface area contributed by atoms with Crippen LogP contribution in [-0.4, -0.2) is 12.4 Å². The third-order valence-electron chi connectivity index (χ3n) is 2.64. The van der Waals surface area contributed by atoms with Crippen LogP contribution in [0.3, 0.4) is 0 Å². The molecule has 4 heteroatoms. The number of carbonyl (C=O) groups excluding carboxylic acids is 1. The third kappa shape index (κ3) is 3.21. The Hall–Kier alpha value is -1.77. The Bertz CT molecular complexity index is 613. The normalized spacial score (nSPS) is 10.1. The van der Waals surface area contributed by atoms with Gasteiger partial charge in [-0.25, -0.2) is 0 Å². The van der Waals surface area contributed by atoms with E-state index in [1.165, 1.54) is 0 Å². The molecule has 2 nitrogen and oxygen atoms in total. The summed E-state index contributed by atoms with van der Waals surface area (Å²) < 4.78 is 5.36. The molecule has 2 aromatic carbocycles. The van der Waals surface area contributed by atoms with Gasteiger partial charge in [0, 0.05) is 11.1 Å². The van der Waals surface area contributed by atoms with Crippen LogP contribution in [0.1, 0.15) is 15.9 Å². The van der Waals surface area contributed by atoms with Crippen molar-refractivity contribution in [2.75, 3.05) is 6.61 Å². The van der Waals surface area contributed by atoms with Gasteiger partial charge in [0.05, 0.1) is 10.0 Å². The van der Waals surface area contributed by atoms with Gasteiger partial charge >= 0.3 is 0 Å². The highest BCUT2D eigenvalue weighted by atomic mass is 35.5. The highest BCUT2D eigenvalue weighted by Gasteiger charge is 2.15. The molecule has 0 aromatic heterocycles. The molecule has 0 atom stereocenters. The zero-order valence-electron chi connectivity index (χ0n) is 10.6. The summed E-state index contributed by atoms with van der Waals surface area (Å²) in [6.07, 6.45) is 1.59. The first kappa shape index (κ1) is 14.6. The van der Waals surface area contributed by atoms with Crippen molar-refractivity contribution in [1.29, 1.82) is 0 Å². The zero-order valence-corrected chi connectivity index (χ0v) is 12.1. The minimum atomic E-state index is -0.135. The third-order valence-corrected chi connectivity index (χ3v) is 3.20. The molecular formula is C16H12Cl2O2. The number of ether oxygens (including phenoxy) is 1. The summed E-state index contributed by atoms with van der Waals surface area (Å²) in [5.41, 5.74) is 1.01. The highest BCUT2D eigenvalue weighted by Crippen LogP contribution is 2.34. The Labute approximate surface area is 127 Å². The SMILES string of the molecule is C=CCOc1c(Cl)cc(C(=O)c2ccccc2)cc1Cl. The van der Waals surface area contributed by atoms with Crippen molar-refractivity contribution in [3.05, 3.63) is 76.3 Å². The summed E-state index contributed by atoms with van der Waals surface area (Å²) in [6.45, 7) is 3.85. The van der Waals surface area contributed by atoms with E-state index in [1.807, 2.05) is 6.07 Å². The smallest absolute Gasteiger partial charge is 0.193 e. The van der Waals surface area contributed by atoms with E-state index in [9.17, 15) is 4.79 Å². The number of halogens is 2. The van der Waals surface area contributed by atoms with Gasteiger partial charge in [-0.1, -0.05) is 66.2 Å². The molecular weight excluding hydrogens is 295 g/mol. The number of rotatable bonds is 5. The molecule has 2 aromatic rings. The van der Waals surface area contributed by atoms with Crippen LogP contribution in [0.25, 0.3) is 0 Å². The summed E-state index contributed by atoms with van der Waals surface area (Å²) in [4.78, 5) is 12.3. The molecule has 0 bridgehead atoms. The molecule has 0 saturated carbocycles. The van der Waals surface area contributed by atoms with Crippen molar-refractivity contribution >= 4 is 29.0 Å². The Morgan fingerprint density at radius 1 is 1.10 bits per heavy atom. The summed E-state index contributed by atoms with van der Waals surface area (Å²) in [6, 6.07) is 12.1. The predicted molar refractivity (Wildman–Crippen MR) is 82.0 cm³/mol. The largest absolute Gasteiger partial charge is 0.486 e. The number of carbonyl (C=O) groups is 1. The quantitative estimate of drug-likeness (QED) is 0.586. The van der Waals surface area contributed by atoms with Gasteiger partial charge in [-0.15, -0.1) is 0 Å². The van der Waals surface area contributed by atoms with Gasteiger partial charge in [-0.05, 0) is 12.1 Å². The van der Waals surface area contributed by atoms with Crippen LogP contribution in [0.15, 0.2) is 55.1 Å². The molecule has 0 N–H and O–H groups in total. The number of hydrogen-bond donors (Lipinski definition) is 0. The van der Waals surface area contributed by atoms with Crippen molar-refractivity contribution in [2.45, 2.75) is 0 Å². The van der Waals surface area contributed by atoms with Gasteiger partial charge in [-0.2, -0.15) is 0 Å². The maximum absolute atomic E-state index is 12.3. The Kier molecular flexibility index (Phi) is 4.83. The molecule has 0 radical (unpaired) electrons. The van der Waals surface area contributed by atoms with E-state index in [2.05, 4.69) is 6.58 Å². The summed E-state index contributed by atoms with van der Waals surface area (Å²) >= 11 is 12.2. The van der Waals surface area contributed by atoms with Crippen LogP contribution < -0.4 is 4.74 Å². The first-order valence-electron chi connectivity index (χ1n) is 5.96. The minimum Gasteiger partial charge on any atom is -0.486 e. The lowest BCUT2D eigenvalue weighted by molar-refractivity contribution is 0.103. The standard InChI is InChI=1S/C16H12Cl2O2/c1-2-8-20-16-13(17)9-12(10-14(16)18)15(19)11-6-4-3-5-7-11/h2-7,9-10H,1,8H2. The molecule has 2 rings (SSSR count). The first-order valence-corrected chi connectivity index (χ1v) is 6.71. The molecule has 0 aliphatic heterocycles. The second-order valence-corrected chi connectivity index (χ2v) is 4.88. The molecule has 0 aliphatic rings. The van der Waals surface area contributed by atoms with Crippen LogP contribution >= 0.6 is 23.2 Å². The van der Waals surface area contributed by atoms with E-state index in [-0.39, 0.29) is 5.78 Å². The van der Waals surface area contributed by atoms with Gasteiger partial charge in [0.2, 0.25) is 0 Å². The van der Waals surface area contributed by atoms with Crippen molar-refractivity contribution in [3.63, 3.8) is 0 Å². The Morgan fingerprint density at radius 3 is 2.25 bits per heavy atom. The molecule has 0 fully saturated rings. The van der Waals surface area contributed by atoms with Crippen molar-refractivity contribution in [2.24, 2.45) is 0 Å². The fraction of sp³-hybridized carbons (Fsp3) is 0.0625. The molecule has 20 heavy (non-hydrogen) atoms. The molecule has 0 unspecified atom stereocenters. The van der Waals surface area contributed by atoms with E-state index in [1.54, 1.807) is 42.5 Å². The Morgan fingerprint density at radius 2 is 1.70 bits per heavy atom. The minimum absolute atomic E-state index is 0.135. The monoisotopic (exact) mass is 306 g/mol. The lowest BCUT2D eigenvalue weighted by Gasteiger charge is -2.10. The second kappa shape index (κ2) is 6.60. The van der Waals surface area contributed by atoms with Crippen LogP contribution in [0.4, 0.5) is 0 Å². The van der Waals surface area contributed by atoms with Gasteiger partial charge < -0.3 is 4.74 Å². The zero-order chi connectivity index (χ0) is 14.5. The number of ketones is 1. The highest BCUT2D eigenvalue weighted by molar-refractivity contribution is 6.38. The number of hydrogen-bond acceptors (Lipinski definition) is 2. The van der Waals surface area contributed by atoms with E-state index in [4.69, 9.17) is 27.9 Å². The van der Waals surface area contributed by atoms with E-state index in [0.717, 1.165) is 0 Å². The second-order valence-electron chi connectivity index (χ2n) is 4.06. The number of benzene rings is 2. The lowest BCUT2D eigenvalue weighted by Crippen LogP contribution is -2.02.